The molecule has 1 atom stereocenters. The van der Waals surface area contributed by atoms with Gasteiger partial charge in [0.15, 0.2) is 0 Å². The van der Waals surface area contributed by atoms with Gasteiger partial charge in [-0.3, -0.25) is 0 Å². The largest absolute Gasteiger partial charge is 0.328 e. The Labute approximate surface area is 118 Å². The molecule has 0 radical (unpaired) electrons. The summed E-state index contributed by atoms with van der Waals surface area (Å²) in [5, 5.41) is 0. The number of fused-ring (bicyclic) bond motifs is 1. The summed E-state index contributed by atoms with van der Waals surface area (Å²) in [4.78, 5) is 0. The first-order valence-corrected chi connectivity index (χ1v) is 7.53. The summed E-state index contributed by atoms with van der Waals surface area (Å²) in [5.41, 5.74) is 12.5. The van der Waals surface area contributed by atoms with E-state index < -0.39 is 0 Å². The van der Waals surface area contributed by atoms with Crippen LogP contribution in [0.3, 0.4) is 0 Å². The summed E-state index contributed by atoms with van der Waals surface area (Å²) in [6.45, 7) is 13.8. The van der Waals surface area contributed by atoms with E-state index in [0.29, 0.717) is 10.8 Å². The van der Waals surface area contributed by atoms with Crippen molar-refractivity contribution in [1.82, 2.24) is 0 Å². The van der Waals surface area contributed by atoms with Gasteiger partial charge in [-0.2, -0.15) is 0 Å². The molecule has 1 aliphatic rings. The Morgan fingerprint density at radius 2 is 1.53 bits per heavy atom. The number of hydrogen-bond donors (Lipinski definition) is 1. The third kappa shape index (κ3) is 2.72. The van der Waals surface area contributed by atoms with Crippen molar-refractivity contribution in [2.75, 3.05) is 0 Å². The Balaban J connectivity index is 2.58. The molecule has 1 aliphatic carbocycles. The van der Waals surface area contributed by atoms with Crippen LogP contribution in [0.25, 0.3) is 0 Å². The smallest absolute Gasteiger partial charge is 0.00510 e. The lowest BCUT2D eigenvalue weighted by Crippen LogP contribution is -2.34. The van der Waals surface area contributed by atoms with E-state index in [2.05, 4.69) is 53.7 Å². The Bertz CT molecular complexity index is 481. The highest BCUT2D eigenvalue weighted by Gasteiger charge is 2.37. The summed E-state index contributed by atoms with van der Waals surface area (Å²) in [5.74, 6) is 0. The Hall–Kier alpha value is -0.820. The van der Waals surface area contributed by atoms with Crippen molar-refractivity contribution >= 4 is 0 Å². The van der Waals surface area contributed by atoms with Gasteiger partial charge in [0.05, 0.1) is 0 Å². The third-order valence-corrected chi connectivity index (χ3v) is 4.85. The van der Waals surface area contributed by atoms with E-state index in [0.717, 1.165) is 6.42 Å². The lowest BCUT2D eigenvalue weighted by molar-refractivity contribution is 0.331. The van der Waals surface area contributed by atoms with Crippen molar-refractivity contribution < 1.29 is 0 Å². The Morgan fingerprint density at radius 1 is 1.05 bits per heavy atom. The number of nitrogens with two attached hydrogens (primary N) is 1. The van der Waals surface area contributed by atoms with Gasteiger partial charge >= 0.3 is 0 Å². The summed E-state index contributed by atoms with van der Waals surface area (Å²) >= 11 is 0. The van der Waals surface area contributed by atoms with Crippen LogP contribution >= 0.6 is 0 Å². The van der Waals surface area contributed by atoms with Gasteiger partial charge in [-0.15, -0.1) is 0 Å². The normalized spacial score (nSPS) is 21.8. The molecule has 1 nitrogen and oxygen atoms in total. The molecule has 0 saturated heterocycles. The molecule has 0 bridgehead atoms. The summed E-state index contributed by atoms with van der Waals surface area (Å²) in [7, 11) is 0. The van der Waals surface area contributed by atoms with Gasteiger partial charge < -0.3 is 5.73 Å². The summed E-state index contributed by atoms with van der Waals surface area (Å²) in [6.07, 6.45) is 3.53. The fourth-order valence-electron chi connectivity index (χ4n) is 3.33. The van der Waals surface area contributed by atoms with Crippen molar-refractivity contribution in [3.8, 4) is 0 Å². The molecule has 0 aliphatic heterocycles. The zero-order chi connectivity index (χ0) is 14.4. The average molecular weight is 259 g/mol. The lowest BCUT2D eigenvalue weighted by atomic mass is 9.62. The molecule has 0 amide bonds. The van der Waals surface area contributed by atoms with Crippen LogP contribution in [0.5, 0.6) is 0 Å². The first-order chi connectivity index (χ1) is 8.63. The third-order valence-electron chi connectivity index (χ3n) is 4.85. The molecule has 1 aromatic carbocycles. The average Bonchev–Trinajstić information content (AvgIpc) is 2.26. The second-order valence-corrected chi connectivity index (χ2v) is 7.77. The minimum atomic E-state index is 0.233. The first kappa shape index (κ1) is 14.6. The highest BCUT2D eigenvalue weighted by atomic mass is 14.6. The standard InChI is InChI=1S/C18H29N/c1-12-9-15-16(11-14(12)10-13(2)19)18(5,6)8-7-17(15,3)4/h9,11,13H,7-8,10,19H2,1-6H3. The molecule has 0 fully saturated rings. The van der Waals surface area contributed by atoms with E-state index in [1.165, 1.54) is 24.0 Å². The highest BCUT2D eigenvalue weighted by Crippen LogP contribution is 2.46. The second-order valence-electron chi connectivity index (χ2n) is 7.77. The van der Waals surface area contributed by atoms with Crippen molar-refractivity contribution in [2.24, 2.45) is 5.73 Å². The summed E-state index contributed by atoms with van der Waals surface area (Å²) in [6, 6.07) is 5.10. The molecule has 106 valence electrons. The Morgan fingerprint density at radius 3 is 2.00 bits per heavy atom. The maximum absolute atomic E-state index is 5.99. The van der Waals surface area contributed by atoms with Crippen LogP contribution in [0.4, 0.5) is 0 Å². The fourth-order valence-corrected chi connectivity index (χ4v) is 3.33. The van der Waals surface area contributed by atoms with E-state index in [4.69, 9.17) is 5.73 Å². The van der Waals surface area contributed by atoms with Crippen LogP contribution in [-0.2, 0) is 17.3 Å². The SMILES string of the molecule is Cc1cc2c(cc1CC(C)N)C(C)(C)CCC2(C)C. The van der Waals surface area contributed by atoms with E-state index in [-0.39, 0.29) is 6.04 Å². The van der Waals surface area contributed by atoms with Crippen LogP contribution in [0.2, 0.25) is 0 Å². The van der Waals surface area contributed by atoms with Crippen molar-refractivity contribution in [3.63, 3.8) is 0 Å². The van der Waals surface area contributed by atoms with Crippen LogP contribution in [0, 0.1) is 6.92 Å². The predicted octanol–water partition coefficient (Wildman–Crippen LogP) is 4.23. The maximum atomic E-state index is 5.99. The molecule has 2 N–H and O–H groups in total. The van der Waals surface area contributed by atoms with Gasteiger partial charge in [-0.1, -0.05) is 39.8 Å². The summed E-state index contributed by atoms with van der Waals surface area (Å²) < 4.78 is 0. The van der Waals surface area contributed by atoms with Gasteiger partial charge in [0.1, 0.15) is 0 Å². The van der Waals surface area contributed by atoms with Gasteiger partial charge in [0.2, 0.25) is 0 Å². The fraction of sp³-hybridized carbons (Fsp3) is 0.667. The van der Waals surface area contributed by atoms with Crippen LogP contribution < -0.4 is 5.73 Å². The minimum absolute atomic E-state index is 0.233. The number of benzene rings is 1. The molecule has 1 unspecified atom stereocenters. The molecule has 0 spiro atoms. The van der Waals surface area contributed by atoms with E-state index in [9.17, 15) is 0 Å². The van der Waals surface area contributed by atoms with Crippen LogP contribution in [0.15, 0.2) is 12.1 Å². The maximum Gasteiger partial charge on any atom is 0.00510 e. The number of rotatable bonds is 2. The molecule has 19 heavy (non-hydrogen) atoms. The highest BCUT2D eigenvalue weighted by molar-refractivity contribution is 5.47. The molecule has 0 heterocycles. The first-order valence-electron chi connectivity index (χ1n) is 7.53. The zero-order valence-corrected chi connectivity index (χ0v) is 13.4. The van der Waals surface area contributed by atoms with E-state index in [1.807, 2.05) is 0 Å². The number of hydrogen-bond acceptors (Lipinski definition) is 1. The Kier molecular flexibility index (Phi) is 3.55. The lowest BCUT2D eigenvalue weighted by Gasteiger charge is -2.42. The molecule has 1 heteroatoms. The monoisotopic (exact) mass is 259 g/mol. The van der Waals surface area contributed by atoms with Crippen molar-refractivity contribution in [1.29, 1.82) is 0 Å². The molecule has 2 rings (SSSR count). The quantitative estimate of drug-likeness (QED) is 0.845. The predicted molar refractivity (Wildman–Crippen MR) is 83.8 cm³/mol. The second kappa shape index (κ2) is 4.63. The topological polar surface area (TPSA) is 26.0 Å². The van der Waals surface area contributed by atoms with Crippen LogP contribution in [0.1, 0.15) is 69.7 Å². The molecule has 0 aromatic heterocycles. The molecule has 1 aromatic rings. The van der Waals surface area contributed by atoms with Crippen LogP contribution in [-0.4, -0.2) is 6.04 Å². The van der Waals surface area contributed by atoms with Gasteiger partial charge in [0.25, 0.3) is 0 Å². The zero-order valence-electron chi connectivity index (χ0n) is 13.4. The molecular weight excluding hydrogens is 230 g/mol. The molecule has 0 saturated carbocycles. The van der Waals surface area contributed by atoms with Gasteiger partial charge in [-0.05, 0) is 66.2 Å². The van der Waals surface area contributed by atoms with Gasteiger partial charge in [0, 0.05) is 6.04 Å². The number of aryl methyl sites for hydroxylation is 1. The van der Waals surface area contributed by atoms with Crippen molar-refractivity contribution in [2.45, 2.75) is 77.7 Å². The van der Waals surface area contributed by atoms with E-state index >= 15 is 0 Å². The van der Waals surface area contributed by atoms with E-state index in [1.54, 1.807) is 11.1 Å². The molecular formula is C18H29N. The van der Waals surface area contributed by atoms with Crippen molar-refractivity contribution in [3.05, 3.63) is 34.4 Å². The van der Waals surface area contributed by atoms with Gasteiger partial charge in [-0.25, -0.2) is 0 Å². The minimum Gasteiger partial charge on any atom is -0.328 e.